The second-order valence-electron chi connectivity index (χ2n) is 7.16. The molecule has 1 aliphatic carbocycles. The number of guanidine groups is 1. The van der Waals surface area contributed by atoms with Crippen LogP contribution in [0.5, 0.6) is 0 Å². The highest BCUT2D eigenvalue weighted by atomic mass is 15.3. The molecular formula is C24H27N3. The van der Waals surface area contributed by atoms with E-state index in [9.17, 15) is 0 Å². The zero-order valence-corrected chi connectivity index (χ0v) is 16.0. The first-order valence-electron chi connectivity index (χ1n) is 9.93. The molecule has 3 nitrogen and oxygen atoms in total. The van der Waals surface area contributed by atoms with Gasteiger partial charge in [-0.2, -0.15) is 0 Å². The van der Waals surface area contributed by atoms with Gasteiger partial charge in [-0.05, 0) is 60.7 Å². The Morgan fingerprint density at radius 2 is 1.74 bits per heavy atom. The van der Waals surface area contributed by atoms with Crippen molar-refractivity contribution in [1.82, 2.24) is 0 Å². The molecule has 1 aliphatic rings. The first-order chi connectivity index (χ1) is 13.3. The topological polar surface area (TPSA) is 41.6 Å². The van der Waals surface area contributed by atoms with Crippen molar-refractivity contribution in [1.29, 1.82) is 0 Å². The van der Waals surface area contributed by atoms with E-state index in [-0.39, 0.29) is 0 Å². The van der Waals surface area contributed by atoms with Gasteiger partial charge >= 0.3 is 0 Å². The van der Waals surface area contributed by atoms with Crippen molar-refractivity contribution in [2.45, 2.75) is 32.6 Å². The number of anilines is 1. The molecule has 27 heavy (non-hydrogen) atoms. The molecular weight excluding hydrogens is 330 g/mol. The Bertz CT molecular complexity index is 950. The van der Waals surface area contributed by atoms with Crippen LogP contribution in [0.15, 0.2) is 65.7 Å². The average molecular weight is 358 g/mol. The minimum atomic E-state index is 0.615. The normalized spacial score (nSPS) is 13.3. The summed E-state index contributed by atoms with van der Waals surface area (Å²) in [5.41, 5.74) is 11.8. The van der Waals surface area contributed by atoms with E-state index in [2.05, 4.69) is 77.5 Å². The molecule has 2 N–H and O–H groups in total. The molecule has 3 aromatic carbocycles. The van der Waals surface area contributed by atoms with Crippen molar-refractivity contribution in [2.24, 2.45) is 10.7 Å². The summed E-state index contributed by atoms with van der Waals surface area (Å²) >= 11 is 0. The summed E-state index contributed by atoms with van der Waals surface area (Å²) in [5.74, 6) is 0.615. The fourth-order valence-electron chi connectivity index (χ4n) is 4.13. The molecule has 0 radical (unpaired) electrons. The number of rotatable bonds is 6. The Labute approximate surface area is 161 Å². The second-order valence-corrected chi connectivity index (χ2v) is 7.16. The van der Waals surface area contributed by atoms with Crippen LogP contribution in [0.4, 0.5) is 5.69 Å². The molecule has 3 heteroatoms. The third-order valence-corrected chi connectivity index (χ3v) is 5.48. The lowest BCUT2D eigenvalue weighted by molar-refractivity contribution is 0.827. The Hall–Kier alpha value is -2.81. The SMILES string of the molecule is CCN(C(N)=NCCCc1ccccc1)c1ccc2c3c(cccc13)CC2. The number of benzene rings is 3. The second kappa shape index (κ2) is 7.83. The van der Waals surface area contributed by atoms with Gasteiger partial charge in [0, 0.05) is 18.5 Å². The lowest BCUT2D eigenvalue weighted by atomic mass is 10.0. The smallest absolute Gasteiger partial charge is 0.195 e. The van der Waals surface area contributed by atoms with Gasteiger partial charge in [-0.25, -0.2) is 0 Å². The van der Waals surface area contributed by atoms with Crippen molar-refractivity contribution < 1.29 is 0 Å². The highest BCUT2D eigenvalue weighted by molar-refractivity contribution is 6.06. The number of aryl methyl sites for hydroxylation is 3. The van der Waals surface area contributed by atoms with E-state index < -0.39 is 0 Å². The fraction of sp³-hybridized carbons (Fsp3) is 0.292. The highest BCUT2D eigenvalue weighted by Gasteiger charge is 2.19. The highest BCUT2D eigenvalue weighted by Crippen LogP contribution is 2.36. The zero-order valence-electron chi connectivity index (χ0n) is 16.0. The summed E-state index contributed by atoms with van der Waals surface area (Å²) in [5, 5.41) is 2.72. The van der Waals surface area contributed by atoms with Gasteiger partial charge in [0.15, 0.2) is 5.96 Å². The molecule has 0 amide bonds. The molecule has 0 aliphatic heterocycles. The van der Waals surface area contributed by atoms with Gasteiger partial charge in [-0.1, -0.05) is 54.6 Å². The lowest BCUT2D eigenvalue weighted by Gasteiger charge is -2.24. The van der Waals surface area contributed by atoms with Crippen LogP contribution in [0.2, 0.25) is 0 Å². The van der Waals surface area contributed by atoms with E-state index in [4.69, 9.17) is 5.73 Å². The molecule has 0 fully saturated rings. The maximum absolute atomic E-state index is 6.40. The van der Waals surface area contributed by atoms with Crippen molar-refractivity contribution in [3.63, 3.8) is 0 Å². The molecule has 0 saturated heterocycles. The minimum absolute atomic E-state index is 0.615. The van der Waals surface area contributed by atoms with E-state index in [1.54, 1.807) is 0 Å². The van der Waals surface area contributed by atoms with Crippen LogP contribution in [-0.2, 0) is 19.3 Å². The predicted octanol–water partition coefficient (Wildman–Crippen LogP) is 4.71. The van der Waals surface area contributed by atoms with Crippen LogP contribution in [0, 0.1) is 0 Å². The van der Waals surface area contributed by atoms with Gasteiger partial charge in [0.05, 0.1) is 5.69 Å². The Morgan fingerprint density at radius 1 is 0.963 bits per heavy atom. The van der Waals surface area contributed by atoms with Crippen molar-refractivity contribution in [3.05, 3.63) is 77.4 Å². The van der Waals surface area contributed by atoms with E-state index in [0.717, 1.165) is 38.8 Å². The molecule has 0 spiro atoms. The van der Waals surface area contributed by atoms with Gasteiger partial charge in [0.2, 0.25) is 0 Å². The Balaban J connectivity index is 1.53. The van der Waals surface area contributed by atoms with Crippen LogP contribution in [-0.4, -0.2) is 19.0 Å². The van der Waals surface area contributed by atoms with Crippen LogP contribution in [0.3, 0.4) is 0 Å². The van der Waals surface area contributed by atoms with Crippen LogP contribution in [0.25, 0.3) is 10.8 Å². The van der Waals surface area contributed by atoms with E-state index >= 15 is 0 Å². The van der Waals surface area contributed by atoms with Gasteiger partial charge in [-0.3, -0.25) is 4.99 Å². The van der Waals surface area contributed by atoms with E-state index in [1.165, 1.54) is 33.2 Å². The molecule has 0 heterocycles. The third-order valence-electron chi connectivity index (χ3n) is 5.48. The largest absolute Gasteiger partial charge is 0.370 e. The zero-order chi connectivity index (χ0) is 18.6. The molecule has 138 valence electrons. The van der Waals surface area contributed by atoms with Crippen LogP contribution < -0.4 is 10.6 Å². The molecule has 4 rings (SSSR count). The van der Waals surface area contributed by atoms with Crippen molar-refractivity contribution in [2.75, 3.05) is 18.0 Å². The molecule has 0 atom stereocenters. The minimum Gasteiger partial charge on any atom is -0.370 e. The quantitative estimate of drug-likeness (QED) is 0.394. The van der Waals surface area contributed by atoms with Gasteiger partial charge in [-0.15, -0.1) is 0 Å². The van der Waals surface area contributed by atoms with Gasteiger partial charge in [0.1, 0.15) is 0 Å². The summed E-state index contributed by atoms with van der Waals surface area (Å²) in [6.45, 7) is 3.70. The fourth-order valence-corrected chi connectivity index (χ4v) is 4.13. The van der Waals surface area contributed by atoms with E-state index in [0.29, 0.717) is 5.96 Å². The number of hydrogen-bond donors (Lipinski definition) is 1. The maximum atomic E-state index is 6.40. The summed E-state index contributed by atoms with van der Waals surface area (Å²) < 4.78 is 0. The monoisotopic (exact) mass is 357 g/mol. The first-order valence-corrected chi connectivity index (χ1v) is 9.93. The number of nitrogens with zero attached hydrogens (tertiary/aromatic N) is 2. The van der Waals surface area contributed by atoms with Gasteiger partial charge in [0.25, 0.3) is 0 Å². The molecule has 0 saturated carbocycles. The molecule has 0 aromatic heterocycles. The molecule has 0 bridgehead atoms. The molecule has 0 unspecified atom stereocenters. The first kappa shape index (κ1) is 17.6. The summed E-state index contributed by atoms with van der Waals surface area (Å²) in [6.07, 6.45) is 4.33. The number of nitrogens with two attached hydrogens (primary N) is 1. The molecule has 3 aromatic rings. The van der Waals surface area contributed by atoms with Gasteiger partial charge < -0.3 is 10.6 Å². The summed E-state index contributed by atoms with van der Waals surface area (Å²) in [6, 6.07) is 21.7. The predicted molar refractivity (Wildman–Crippen MR) is 116 cm³/mol. The number of aliphatic imine (C=N–C) groups is 1. The number of hydrogen-bond acceptors (Lipinski definition) is 1. The summed E-state index contributed by atoms with van der Waals surface area (Å²) in [4.78, 5) is 6.82. The summed E-state index contributed by atoms with van der Waals surface area (Å²) in [7, 11) is 0. The van der Waals surface area contributed by atoms with Crippen LogP contribution >= 0.6 is 0 Å². The van der Waals surface area contributed by atoms with Crippen molar-refractivity contribution >= 4 is 22.4 Å². The van der Waals surface area contributed by atoms with Crippen molar-refractivity contribution in [3.8, 4) is 0 Å². The third kappa shape index (κ3) is 3.55. The van der Waals surface area contributed by atoms with Crippen LogP contribution in [0.1, 0.15) is 30.0 Å². The lowest BCUT2D eigenvalue weighted by Crippen LogP contribution is -2.37. The average Bonchev–Trinajstić information content (AvgIpc) is 3.13. The standard InChI is InChI=1S/C24H27N3/c1-2-27(24(25)26-17-7-10-18-8-4-3-5-9-18)22-16-15-20-14-13-19-11-6-12-21(22)23(19)20/h3-6,8-9,11-12,15-16H,2,7,10,13-14,17H2,1H3,(H2,25,26). The Kier molecular flexibility index (Phi) is 5.10. The van der Waals surface area contributed by atoms with E-state index in [1.807, 2.05) is 0 Å². The maximum Gasteiger partial charge on any atom is 0.195 e. The Morgan fingerprint density at radius 3 is 2.52 bits per heavy atom.